The van der Waals surface area contributed by atoms with Gasteiger partial charge in [0.2, 0.25) is 15.9 Å². The smallest absolute Gasteiger partial charge is 0.241 e. The van der Waals surface area contributed by atoms with Gasteiger partial charge in [0, 0.05) is 5.56 Å². The van der Waals surface area contributed by atoms with Gasteiger partial charge in [0.25, 0.3) is 0 Å². The van der Waals surface area contributed by atoms with Gasteiger partial charge in [0.1, 0.15) is 11.6 Å². The van der Waals surface area contributed by atoms with Crippen LogP contribution in [0.2, 0.25) is 0 Å². The van der Waals surface area contributed by atoms with E-state index >= 15 is 0 Å². The standard InChI is InChI=1S/C18H21FN2O4S/c1-12-4-9-17(25-3)16(10-12)13(2)21-18(22)11-20-26(23,24)15-7-5-14(19)6-8-15/h4-10,13,20H,11H2,1-3H3,(H,21,22)/t13-/m0/s1. The minimum absolute atomic E-state index is 0.111. The average Bonchev–Trinajstić information content (AvgIpc) is 2.60. The number of carbonyl (C=O) groups is 1. The number of ether oxygens (including phenoxy) is 1. The van der Waals surface area contributed by atoms with Crippen molar-refractivity contribution in [1.29, 1.82) is 0 Å². The summed E-state index contributed by atoms with van der Waals surface area (Å²) in [6.07, 6.45) is 0. The molecule has 1 amide bonds. The summed E-state index contributed by atoms with van der Waals surface area (Å²) >= 11 is 0. The summed E-state index contributed by atoms with van der Waals surface area (Å²) in [7, 11) is -2.35. The molecule has 0 saturated carbocycles. The number of hydrogen-bond donors (Lipinski definition) is 2. The van der Waals surface area contributed by atoms with E-state index in [9.17, 15) is 17.6 Å². The van der Waals surface area contributed by atoms with Gasteiger partial charge in [-0.3, -0.25) is 4.79 Å². The normalized spacial score (nSPS) is 12.5. The van der Waals surface area contributed by atoms with Crippen LogP contribution in [0, 0.1) is 12.7 Å². The largest absolute Gasteiger partial charge is 0.496 e. The maximum Gasteiger partial charge on any atom is 0.241 e. The summed E-state index contributed by atoms with van der Waals surface area (Å²) in [5.41, 5.74) is 1.81. The fourth-order valence-electron chi connectivity index (χ4n) is 2.42. The molecule has 0 aromatic heterocycles. The van der Waals surface area contributed by atoms with Crippen molar-refractivity contribution in [3.8, 4) is 5.75 Å². The van der Waals surface area contributed by atoms with Crippen LogP contribution in [-0.4, -0.2) is 28.0 Å². The molecule has 1 atom stereocenters. The summed E-state index contributed by atoms with van der Waals surface area (Å²) in [6.45, 7) is 3.27. The number of aryl methyl sites for hydroxylation is 1. The second kappa shape index (κ2) is 8.29. The Morgan fingerprint density at radius 1 is 1.19 bits per heavy atom. The molecule has 26 heavy (non-hydrogen) atoms. The molecule has 2 N–H and O–H groups in total. The van der Waals surface area contributed by atoms with E-state index in [4.69, 9.17) is 4.74 Å². The van der Waals surface area contributed by atoms with Gasteiger partial charge in [0.15, 0.2) is 0 Å². The predicted molar refractivity (Wildman–Crippen MR) is 95.9 cm³/mol. The first-order chi connectivity index (χ1) is 12.2. The molecule has 0 radical (unpaired) electrons. The number of benzene rings is 2. The van der Waals surface area contributed by atoms with Crippen molar-refractivity contribution in [2.45, 2.75) is 24.8 Å². The third-order valence-corrected chi connectivity index (χ3v) is 5.19. The van der Waals surface area contributed by atoms with Gasteiger partial charge < -0.3 is 10.1 Å². The molecule has 0 fully saturated rings. The van der Waals surface area contributed by atoms with Gasteiger partial charge in [-0.25, -0.2) is 17.5 Å². The number of halogens is 1. The maximum atomic E-state index is 12.9. The van der Waals surface area contributed by atoms with E-state index in [1.807, 2.05) is 25.1 Å². The lowest BCUT2D eigenvalue weighted by Gasteiger charge is -2.18. The second-order valence-corrected chi connectivity index (χ2v) is 7.58. The van der Waals surface area contributed by atoms with Crippen LogP contribution in [0.4, 0.5) is 4.39 Å². The third kappa shape index (κ3) is 5.03. The van der Waals surface area contributed by atoms with Crippen LogP contribution in [0.15, 0.2) is 47.4 Å². The maximum absolute atomic E-state index is 12.9. The Hall–Kier alpha value is -2.45. The van der Waals surface area contributed by atoms with Gasteiger partial charge in [-0.1, -0.05) is 17.7 Å². The van der Waals surface area contributed by atoms with E-state index in [-0.39, 0.29) is 10.9 Å². The Labute approximate surface area is 152 Å². The van der Waals surface area contributed by atoms with Gasteiger partial charge in [0.05, 0.1) is 24.6 Å². The molecule has 0 aliphatic heterocycles. The van der Waals surface area contributed by atoms with E-state index in [2.05, 4.69) is 10.0 Å². The zero-order valence-electron chi connectivity index (χ0n) is 14.7. The Morgan fingerprint density at radius 3 is 2.46 bits per heavy atom. The number of amides is 1. The molecule has 8 heteroatoms. The van der Waals surface area contributed by atoms with Gasteiger partial charge in [-0.15, -0.1) is 0 Å². The molecule has 0 unspecified atom stereocenters. The van der Waals surface area contributed by atoms with Crippen LogP contribution in [0.1, 0.15) is 24.1 Å². The number of rotatable bonds is 7. The first kappa shape index (κ1) is 19.9. The summed E-state index contributed by atoms with van der Waals surface area (Å²) in [4.78, 5) is 12.0. The van der Waals surface area contributed by atoms with E-state index in [0.29, 0.717) is 5.75 Å². The van der Waals surface area contributed by atoms with Gasteiger partial charge in [-0.2, -0.15) is 0 Å². The zero-order valence-corrected chi connectivity index (χ0v) is 15.6. The number of nitrogens with one attached hydrogen (secondary N) is 2. The highest BCUT2D eigenvalue weighted by molar-refractivity contribution is 7.89. The molecule has 0 aliphatic carbocycles. The van der Waals surface area contributed by atoms with E-state index in [0.717, 1.165) is 35.4 Å². The zero-order chi connectivity index (χ0) is 19.3. The number of carbonyl (C=O) groups excluding carboxylic acids is 1. The average molecular weight is 380 g/mol. The van der Waals surface area contributed by atoms with Crippen molar-refractivity contribution >= 4 is 15.9 Å². The molecular formula is C18H21FN2O4S. The minimum Gasteiger partial charge on any atom is -0.496 e. The lowest BCUT2D eigenvalue weighted by atomic mass is 10.0. The van der Waals surface area contributed by atoms with E-state index in [1.54, 1.807) is 14.0 Å². The molecule has 0 spiro atoms. The van der Waals surface area contributed by atoms with Crippen LogP contribution in [0.25, 0.3) is 0 Å². The minimum atomic E-state index is -3.89. The number of methoxy groups -OCH3 is 1. The lowest BCUT2D eigenvalue weighted by molar-refractivity contribution is -0.120. The highest BCUT2D eigenvalue weighted by Crippen LogP contribution is 2.25. The topological polar surface area (TPSA) is 84.5 Å². The quantitative estimate of drug-likeness (QED) is 0.772. The van der Waals surface area contributed by atoms with Crippen molar-refractivity contribution in [3.63, 3.8) is 0 Å². The third-order valence-electron chi connectivity index (χ3n) is 3.78. The summed E-state index contributed by atoms with van der Waals surface area (Å²) in [5, 5.41) is 2.73. The molecule has 0 saturated heterocycles. The first-order valence-corrected chi connectivity index (χ1v) is 9.40. The fraction of sp³-hybridized carbons (Fsp3) is 0.278. The number of hydrogen-bond acceptors (Lipinski definition) is 4. The summed E-state index contributed by atoms with van der Waals surface area (Å²) < 4.78 is 44.6. The highest BCUT2D eigenvalue weighted by atomic mass is 32.2. The van der Waals surface area contributed by atoms with Crippen molar-refractivity contribution < 1.29 is 22.3 Å². The molecular weight excluding hydrogens is 359 g/mol. The SMILES string of the molecule is COc1ccc(C)cc1[C@H](C)NC(=O)CNS(=O)(=O)c1ccc(F)cc1. The molecule has 6 nitrogen and oxygen atoms in total. The van der Waals surface area contributed by atoms with Crippen molar-refractivity contribution in [2.24, 2.45) is 0 Å². The summed E-state index contributed by atoms with van der Waals surface area (Å²) in [6, 6.07) is 9.59. The molecule has 2 rings (SSSR count). The van der Waals surface area contributed by atoms with Crippen LogP contribution in [0.3, 0.4) is 0 Å². The first-order valence-electron chi connectivity index (χ1n) is 7.92. The second-order valence-electron chi connectivity index (χ2n) is 5.81. The Morgan fingerprint density at radius 2 is 1.85 bits per heavy atom. The molecule has 0 aliphatic rings. The Balaban J connectivity index is 2.00. The predicted octanol–water partition coefficient (Wildman–Crippen LogP) is 2.30. The van der Waals surface area contributed by atoms with Crippen LogP contribution < -0.4 is 14.8 Å². The molecule has 0 bridgehead atoms. The summed E-state index contributed by atoms with van der Waals surface area (Å²) in [5.74, 6) is -0.398. The van der Waals surface area contributed by atoms with Crippen molar-refractivity contribution in [1.82, 2.24) is 10.0 Å². The molecule has 2 aromatic carbocycles. The highest BCUT2D eigenvalue weighted by Gasteiger charge is 2.18. The van der Waals surface area contributed by atoms with Gasteiger partial charge in [-0.05, 0) is 44.2 Å². The lowest BCUT2D eigenvalue weighted by Crippen LogP contribution is -2.38. The Bertz CT molecular complexity index is 883. The molecule has 140 valence electrons. The van der Waals surface area contributed by atoms with Crippen LogP contribution >= 0.6 is 0 Å². The van der Waals surface area contributed by atoms with E-state index in [1.165, 1.54) is 0 Å². The monoisotopic (exact) mass is 380 g/mol. The number of sulfonamides is 1. The molecule has 0 heterocycles. The Kier molecular flexibility index (Phi) is 6.33. The molecule has 2 aromatic rings. The van der Waals surface area contributed by atoms with Crippen LogP contribution in [0.5, 0.6) is 5.75 Å². The van der Waals surface area contributed by atoms with Crippen LogP contribution in [-0.2, 0) is 14.8 Å². The van der Waals surface area contributed by atoms with E-state index < -0.39 is 28.3 Å². The van der Waals surface area contributed by atoms with Crippen molar-refractivity contribution in [2.75, 3.05) is 13.7 Å². The van der Waals surface area contributed by atoms with Gasteiger partial charge >= 0.3 is 0 Å². The fourth-order valence-corrected chi connectivity index (χ4v) is 3.40. The van der Waals surface area contributed by atoms with Crippen molar-refractivity contribution in [3.05, 3.63) is 59.4 Å².